The highest BCUT2D eigenvalue weighted by Gasteiger charge is 2.52. The molecule has 0 bridgehead atoms. The summed E-state index contributed by atoms with van der Waals surface area (Å²) in [5.74, 6) is 0.0544. The van der Waals surface area contributed by atoms with Gasteiger partial charge in [0, 0.05) is 12.1 Å². The van der Waals surface area contributed by atoms with E-state index in [0.717, 1.165) is 0 Å². The van der Waals surface area contributed by atoms with Crippen molar-refractivity contribution in [3.63, 3.8) is 0 Å². The molecule has 2 saturated heterocycles. The molecule has 1 atom stereocenters. The lowest BCUT2D eigenvalue weighted by Crippen LogP contribution is -2.35. The van der Waals surface area contributed by atoms with Crippen molar-refractivity contribution in [2.24, 2.45) is 0 Å². The summed E-state index contributed by atoms with van der Waals surface area (Å²) in [7, 11) is -3.12. The Morgan fingerprint density at radius 1 is 1.26 bits per heavy atom. The Morgan fingerprint density at radius 2 is 1.95 bits per heavy atom. The normalized spacial score (nSPS) is 28.8. The molecule has 0 radical (unpaired) electrons. The van der Waals surface area contributed by atoms with Gasteiger partial charge in [0.1, 0.15) is 11.4 Å². The minimum Gasteiger partial charge on any atom is -0.508 e. The quantitative estimate of drug-likeness (QED) is 0.828. The molecule has 1 N–H and O–H groups in total. The molecule has 0 aromatic heterocycles. The third-order valence-corrected chi connectivity index (χ3v) is 5.28. The van der Waals surface area contributed by atoms with Crippen LogP contribution in [-0.4, -0.2) is 43.3 Å². The number of benzene rings is 1. The van der Waals surface area contributed by atoms with Crippen LogP contribution < -0.4 is 4.90 Å². The van der Waals surface area contributed by atoms with E-state index in [-0.39, 0.29) is 23.8 Å². The fourth-order valence-corrected chi connectivity index (χ4v) is 4.47. The predicted octanol–water partition coefficient (Wildman–Crippen LogP) is 0.906. The smallest absolute Gasteiger partial charge is 0.415 e. The number of nitrogens with zero attached hydrogens (tertiary/aromatic N) is 1. The van der Waals surface area contributed by atoms with Crippen molar-refractivity contribution in [1.29, 1.82) is 0 Å². The Balaban J connectivity index is 1.87. The predicted molar refractivity (Wildman–Crippen MR) is 67.9 cm³/mol. The lowest BCUT2D eigenvalue weighted by Gasteiger charge is -2.18. The molecule has 2 aliphatic rings. The maximum atomic E-state index is 11.9. The van der Waals surface area contributed by atoms with E-state index in [2.05, 4.69) is 0 Å². The Hall–Kier alpha value is -1.76. The number of hydrogen-bond acceptors (Lipinski definition) is 5. The van der Waals surface area contributed by atoms with Gasteiger partial charge in [-0.1, -0.05) is 0 Å². The summed E-state index contributed by atoms with van der Waals surface area (Å²) in [5.41, 5.74) is -0.322. The second-order valence-electron chi connectivity index (χ2n) is 5.00. The highest BCUT2D eigenvalue weighted by Crippen LogP contribution is 2.36. The largest absolute Gasteiger partial charge is 0.508 e. The molecule has 1 aromatic carbocycles. The van der Waals surface area contributed by atoms with Crippen LogP contribution in [0.5, 0.6) is 5.75 Å². The lowest BCUT2D eigenvalue weighted by molar-refractivity contribution is 0.0779. The number of phenolic OH excluding ortho intramolecular Hbond substituents is 1. The second kappa shape index (κ2) is 3.86. The first-order chi connectivity index (χ1) is 8.89. The maximum absolute atomic E-state index is 11.9. The molecule has 3 rings (SSSR count). The highest BCUT2D eigenvalue weighted by molar-refractivity contribution is 7.91. The number of anilines is 1. The van der Waals surface area contributed by atoms with E-state index in [9.17, 15) is 18.3 Å². The number of rotatable bonds is 1. The molecule has 2 fully saturated rings. The van der Waals surface area contributed by atoms with Gasteiger partial charge in [0.25, 0.3) is 0 Å². The van der Waals surface area contributed by atoms with Crippen LogP contribution in [0.3, 0.4) is 0 Å². The number of amides is 1. The first-order valence-electron chi connectivity index (χ1n) is 5.89. The van der Waals surface area contributed by atoms with Crippen LogP contribution in [0, 0.1) is 0 Å². The summed E-state index contributed by atoms with van der Waals surface area (Å²) >= 11 is 0. The molecule has 1 spiro atoms. The van der Waals surface area contributed by atoms with Crippen molar-refractivity contribution >= 4 is 21.6 Å². The monoisotopic (exact) mass is 283 g/mol. The summed E-state index contributed by atoms with van der Waals surface area (Å²) in [6.45, 7) is 0.232. The van der Waals surface area contributed by atoms with Crippen LogP contribution in [0.4, 0.5) is 10.5 Å². The molecule has 0 aliphatic carbocycles. The summed E-state index contributed by atoms with van der Waals surface area (Å²) in [5, 5.41) is 9.23. The Labute approximate surface area is 110 Å². The van der Waals surface area contributed by atoms with Crippen molar-refractivity contribution in [2.75, 3.05) is 23.0 Å². The van der Waals surface area contributed by atoms with E-state index >= 15 is 0 Å². The van der Waals surface area contributed by atoms with Gasteiger partial charge in [0.05, 0.1) is 18.1 Å². The topological polar surface area (TPSA) is 83.9 Å². The van der Waals surface area contributed by atoms with Crippen LogP contribution in [0.15, 0.2) is 24.3 Å². The van der Waals surface area contributed by atoms with Crippen LogP contribution >= 0.6 is 0 Å². The Kier molecular flexibility index (Phi) is 2.50. The number of ether oxygens (including phenoxy) is 1. The number of carbonyl (C=O) groups is 1. The van der Waals surface area contributed by atoms with Crippen molar-refractivity contribution in [2.45, 2.75) is 12.0 Å². The summed E-state index contributed by atoms with van der Waals surface area (Å²) in [6.07, 6.45) is -0.196. The van der Waals surface area contributed by atoms with Gasteiger partial charge in [-0.25, -0.2) is 13.2 Å². The summed E-state index contributed by atoms with van der Waals surface area (Å²) in [6, 6.07) is 6.14. The fourth-order valence-electron chi connectivity index (χ4n) is 2.55. The molecule has 1 aromatic rings. The third kappa shape index (κ3) is 2.14. The molecule has 2 heterocycles. The van der Waals surface area contributed by atoms with Crippen molar-refractivity contribution in [1.82, 2.24) is 0 Å². The Morgan fingerprint density at radius 3 is 2.53 bits per heavy atom. The van der Waals surface area contributed by atoms with Gasteiger partial charge in [0.15, 0.2) is 9.84 Å². The zero-order chi connectivity index (χ0) is 13.7. The molecule has 0 saturated carbocycles. The van der Waals surface area contributed by atoms with Gasteiger partial charge in [0.2, 0.25) is 0 Å². The molecule has 19 heavy (non-hydrogen) atoms. The van der Waals surface area contributed by atoms with Crippen molar-refractivity contribution in [3.8, 4) is 5.75 Å². The van der Waals surface area contributed by atoms with Gasteiger partial charge in [-0.05, 0) is 24.3 Å². The van der Waals surface area contributed by atoms with Crippen LogP contribution in [0.2, 0.25) is 0 Å². The molecule has 102 valence electrons. The first kappa shape index (κ1) is 12.3. The van der Waals surface area contributed by atoms with Gasteiger partial charge in [-0.15, -0.1) is 0 Å². The van der Waals surface area contributed by atoms with Crippen molar-refractivity contribution < 1.29 is 23.1 Å². The van der Waals surface area contributed by atoms with Crippen LogP contribution in [0.1, 0.15) is 6.42 Å². The number of phenols is 1. The average Bonchev–Trinajstić information content (AvgIpc) is 2.80. The molecule has 1 unspecified atom stereocenters. The first-order valence-corrected chi connectivity index (χ1v) is 7.71. The van der Waals surface area contributed by atoms with Gasteiger partial charge in [-0.3, -0.25) is 4.90 Å². The zero-order valence-corrected chi connectivity index (χ0v) is 10.9. The molecule has 2 aliphatic heterocycles. The fraction of sp³-hybridized carbons (Fsp3) is 0.417. The summed E-state index contributed by atoms with van der Waals surface area (Å²) < 4.78 is 28.4. The Bertz CT molecular complexity index is 624. The van der Waals surface area contributed by atoms with Gasteiger partial charge >= 0.3 is 6.09 Å². The molecule has 1 amide bonds. The molecular weight excluding hydrogens is 270 g/mol. The zero-order valence-electron chi connectivity index (χ0n) is 10.1. The number of sulfone groups is 1. The van der Waals surface area contributed by atoms with Crippen LogP contribution in [-0.2, 0) is 14.6 Å². The minimum atomic E-state index is -3.12. The van der Waals surface area contributed by atoms with Crippen LogP contribution in [0.25, 0.3) is 0 Å². The number of carbonyl (C=O) groups excluding carboxylic acids is 1. The highest BCUT2D eigenvalue weighted by atomic mass is 32.2. The number of aromatic hydroxyl groups is 1. The number of hydrogen-bond donors (Lipinski definition) is 1. The molecular formula is C12H13NO5S. The molecule has 7 heteroatoms. The summed E-state index contributed by atoms with van der Waals surface area (Å²) in [4.78, 5) is 13.3. The van der Waals surface area contributed by atoms with E-state index in [0.29, 0.717) is 12.1 Å². The van der Waals surface area contributed by atoms with Gasteiger partial charge in [-0.2, -0.15) is 0 Å². The van der Waals surface area contributed by atoms with E-state index in [1.165, 1.54) is 17.0 Å². The van der Waals surface area contributed by atoms with E-state index in [4.69, 9.17) is 4.74 Å². The van der Waals surface area contributed by atoms with E-state index in [1.54, 1.807) is 12.1 Å². The second-order valence-corrected chi connectivity index (χ2v) is 7.18. The molecule has 6 nitrogen and oxygen atoms in total. The van der Waals surface area contributed by atoms with Crippen molar-refractivity contribution in [3.05, 3.63) is 24.3 Å². The van der Waals surface area contributed by atoms with E-state index in [1.807, 2.05) is 0 Å². The lowest BCUT2D eigenvalue weighted by atomic mass is 10.0. The standard InChI is InChI=1S/C12H13NO5S/c14-10-3-1-9(2-4-10)13-7-12(18-11(13)15)5-6-19(16,17)8-12/h1-4,14H,5-8H2. The van der Waals surface area contributed by atoms with E-state index < -0.39 is 21.5 Å². The minimum absolute atomic E-state index is 0.0592. The van der Waals surface area contributed by atoms with Gasteiger partial charge < -0.3 is 9.84 Å². The third-order valence-electron chi connectivity index (χ3n) is 3.48. The maximum Gasteiger partial charge on any atom is 0.415 e. The average molecular weight is 283 g/mol. The SMILES string of the molecule is O=C1OC2(CCS(=O)(=O)C2)CN1c1ccc(O)cc1.